The van der Waals surface area contributed by atoms with Gasteiger partial charge in [-0.25, -0.2) is 9.59 Å². The van der Waals surface area contributed by atoms with E-state index in [0.29, 0.717) is 10.6 Å². The van der Waals surface area contributed by atoms with Crippen LogP contribution in [0.3, 0.4) is 0 Å². The lowest BCUT2D eigenvalue weighted by molar-refractivity contribution is -0.194. The zero-order valence-corrected chi connectivity index (χ0v) is 17.3. The first-order valence-corrected chi connectivity index (χ1v) is 10.1. The topological polar surface area (TPSA) is 99.2 Å². The van der Waals surface area contributed by atoms with Crippen LogP contribution in [-0.2, 0) is 30.5 Å². The number of benzene rings is 3. The fourth-order valence-corrected chi connectivity index (χ4v) is 3.18. The highest BCUT2D eigenvalue weighted by Gasteiger charge is 2.54. The van der Waals surface area contributed by atoms with Crippen molar-refractivity contribution in [3.63, 3.8) is 0 Å². The standard InChI is InChI=1S/C25H19NO7/c27-22-20(32-24(29)18-12-6-2-7-13-18)21(33-25(30)19-14-8-3-9-15-19)23(28)26(22)31-16-17-10-4-1-5-11-17/h1-15,20-21H,16H2/t20-,21-/m1/s1. The van der Waals surface area contributed by atoms with Crippen LogP contribution in [0.25, 0.3) is 0 Å². The molecule has 33 heavy (non-hydrogen) atoms. The van der Waals surface area contributed by atoms with Crippen molar-refractivity contribution >= 4 is 23.8 Å². The molecule has 0 radical (unpaired) electrons. The molecule has 0 unspecified atom stereocenters. The SMILES string of the molecule is O=C(O[C@H]1C(=O)N(OCc2ccccc2)C(=O)[C@@H]1OC(=O)c1ccccc1)c1ccccc1. The van der Waals surface area contributed by atoms with Crippen LogP contribution in [0.15, 0.2) is 91.0 Å². The van der Waals surface area contributed by atoms with Crippen LogP contribution in [-0.4, -0.2) is 41.0 Å². The van der Waals surface area contributed by atoms with Gasteiger partial charge in [0.25, 0.3) is 11.8 Å². The number of nitrogens with zero attached hydrogens (tertiary/aromatic N) is 1. The van der Waals surface area contributed by atoms with Crippen molar-refractivity contribution in [2.45, 2.75) is 18.8 Å². The number of carbonyl (C=O) groups is 4. The minimum atomic E-state index is -1.69. The molecular weight excluding hydrogens is 426 g/mol. The third-order valence-electron chi connectivity index (χ3n) is 4.85. The molecule has 1 saturated heterocycles. The first kappa shape index (κ1) is 21.9. The maximum Gasteiger partial charge on any atom is 0.339 e. The fourth-order valence-electron chi connectivity index (χ4n) is 3.18. The molecule has 3 aromatic carbocycles. The number of amides is 2. The van der Waals surface area contributed by atoms with Gasteiger partial charge in [-0.1, -0.05) is 66.7 Å². The maximum atomic E-state index is 12.9. The first-order valence-electron chi connectivity index (χ1n) is 10.1. The number of carbonyl (C=O) groups excluding carboxylic acids is 4. The van der Waals surface area contributed by atoms with Gasteiger partial charge >= 0.3 is 11.9 Å². The molecule has 1 aliphatic heterocycles. The Labute approximate surface area is 189 Å². The molecule has 2 amide bonds. The molecular formula is C25H19NO7. The van der Waals surface area contributed by atoms with Gasteiger partial charge in [0.1, 0.15) is 6.61 Å². The molecule has 0 N–H and O–H groups in total. The lowest BCUT2D eigenvalue weighted by Gasteiger charge is -2.16. The lowest BCUT2D eigenvalue weighted by Crippen LogP contribution is -2.37. The number of hydroxylamine groups is 2. The summed E-state index contributed by atoms with van der Waals surface area (Å²) in [5.74, 6) is -3.56. The summed E-state index contributed by atoms with van der Waals surface area (Å²) in [5, 5.41) is 0.485. The molecule has 4 rings (SSSR count). The number of ether oxygens (including phenoxy) is 2. The smallest absolute Gasteiger partial charge is 0.339 e. The molecule has 0 saturated carbocycles. The average molecular weight is 445 g/mol. The molecule has 8 heteroatoms. The molecule has 2 atom stereocenters. The summed E-state index contributed by atoms with van der Waals surface area (Å²) < 4.78 is 10.6. The van der Waals surface area contributed by atoms with Gasteiger partial charge in [-0.3, -0.25) is 14.4 Å². The second-order valence-corrected chi connectivity index (χ2v) is 7.11. The molecule has 1 aliphatic rings. The Morgan fingerprint density at radius 3 is 1.45 bits per heavy atom. The van der Waals surface area contributed by atoms with Crippen molar-refractivity contribution in [2.24, 2.45) is 0 Å². The van der Waals surface area contributed by atoms with E-state index in [-0.39, 0.29) is 17.7 Å². The minimum absolute atomic E-state index is 0.0863. The van der Waals surface area contributed by atoms with E-state index in [1.165, 1.54) is 24.3 Å². The quantitative estimate of drug-likeness (QED) is 0.407. The van der Waals surface area contributed by atoms with E-state index >= 15 is 0 Å². The Balaban J connectivity index is 1.55. The Bertz CT molecular complexity index is 1080. The molecule has 0 spiro atoms. The first-order chi connectivity index (χ1) is 16.0. The Morgan fingerprint density at radius 1 is 0.636 bits per heavy atom. The van der Waals surface area contributed by atoms with E-state index in [4.69, 9.17) is 14.3 Å². The second-order valence-electron chi connectivity index (χ2n) is 7.11. The van der Waals surface area contributed by atoms with Gasteiger partial charge < -0.3 is 9.47 Å². The summed E-state index contributed by atoms with van der Waals surface area (Å²) in [4.78, 5) is 56.4. The van der Waals surface area contributed by atoms with Crippen molar-refractivity contribution < 1.29 is 33.5 Å². The highest BCUT2D eigenvalue weighted by Crippen LogP contribution is 2.24. The average Bonchev–Trinajstić information content (AvgIpc) is 3.08. The Kier molecular flexibility index (Phi) is 6.56. The molecule has 8 nitrogen and oxygen atoms in total. The number of imide groups is 1. The van der Waals surface area contributed by atoms with E-state index < -0.39 is 36.0 Å². The summed E-state index contributed by atoms with van der Waals surface area (Å²) in [6.45, 7) is -0.0863. The predicted octanol–water partition coefficient (Wildman–Crippen LogP) is 2.94. The van der Waals surface area contributed by atoms with Crippen LogP contribution in [0.5, 0.6) is 0 Å². The summed E-state index contributed by atoms with van der Waals surface area (Å²) in [5.41, 5.74) is 1.06. The Morgan fingerprint density at radius 2 is 1.03 bits per heavy atom. The van der Waals surface area contributed by atoms with Gasteiger partial charge in [-0.15, -0.1) is 5.06 Å². The van der Waals surface area contributed by atoms with Gasteiger partial charge in [0.05, 0.1) is 11.1 Å². The van der Waals surface area contributed by atoms with Crippen molar-refractivity contribution in [3.05, 3.63) is 108 Å². The van der Waals surface area contributed by atoms with E-state index in [2.05, 4.69) is 0 Å². The predicted molar refractivity (Wildman–Crippen MR) is 114 cm³/mol. The van der Waals surface area contributed by atoms with E-state index in [1.54, 1.807) is 60.7 Å². The number of rotatable bonds is 7. The van der Waals surface area contributed by atoms with Gasteiger partial charge in [-0.2, -0.15) is 0 Å². The molecule has 0 aromatic heterocycles. The van der Waals surface area contributed by atoms with Gasteiger partial charge in [-0.05, 0) is 29.8 Å². The summed E-state index contributed by atoms with van der Waals surface area (Å²) in [6, 6.07) is 24.8. The van der Waals surface area contributed by atoms with Gasteiger partial charge in [0, 0.05) is 0 Å². The number of hydrogen-bond donors (Lipinski definition) is 0. The third-order valence-corrected chi connectivity index (χ3v) is 4.85. The van der Waals surface area contributed by atoms with Crippen LogP contribution in [0, 0.1) is 0 Å². The zero-order chi connectivity index (χ0) is 23.2. The highest BCUT2D eigenvalue weighted by molar-refractivity contribution is 6.09. The van der Waals surface area contributed by atoms with Gasteiger partial charge in [0.2, 0.25) is 12.2 Å². The second kappa shape index (κ2) is 9.88. The van der Waals surface area contributed by atoms with Crippen LogP contribution < -0.4 is 0 Å². The van der Waals surface area contributed by atoms with E-state index in [0.717, 1.165) is 0 Å². The zero-order valence-electron chi connectivity index (χ0n) is 17.3. The van der Waals surface area contributed by atoms with E-state index in [1.807, 2.05) is 6.07 Å². The van der Waals surface area contributed by atoms with Crippen molar-refractivity contribution in [1.82, 2.24) is 5.06 Å². The minimum Gasteiger partial charge on any atom is -0.444 e. The molecule has 166 valence electrons. The summed E-state index contributed by atoms with van der Waals surface area (Å²) >= 11 is 0. The van der Waals surface area contributed by atoms with Crippen LogP contribution in [0.4, 0.5) is 0 Å². The lowest BCUT2D eigenvalue weighted by atomic mass is 10.2. The highest BCUT2D eigenvalue weighted by atomic mass is 16.7. The maximum absolute atomic E-state index is 12.9. The third kappa shape index (κ3) is 4.97. The van der Waals surface area contributed by atoms with Crippen molar-refractivity contribution in [2.75, 3.05) is 0 Å². The monoisotopic (exact) mass is 445 g/mol. The number of hydrogen-bond acceptors (Lipinski definition) is 7. The van der Waals surface area contributed by atoms with E-state index in [9.17, 15) is 19.2 Å². The molecule has 1 heterocycles. The van der Waals surface area contributed by atoms with Crippen LogP contribution in [0.1, 0.15) is 26.3 Å². The van der Waals surface area contributed by atoms with Gasteiger partial charge in [0.15, 0.2) is 0 Å². The normalized spacial score (nSPS) is 17.6. The summed E-state index contributed by atoms with van der Waals surface area (Å²) in [7, 11) is 0. The van der Waals surface area contributed by atoms with Crippen molar-refractivity contribution in [3.8, 4) is 0 Å². The molecule has 1 fully saturated rings. The fraction of sp³-hybridized carbons (Fsp3) is 0.120. The molecule has 0 aliphatic carbocycles. The molecule has 3 aromatic rings. The Hall–Kier alpha value is -4.30. The van der Waals surface area contributed by atoms with Crippen molar-refractivity contribution in [1.29, 1.82) is 0 Å². The largest absolute Gasteiger partial charge is 0.444 e. The summed E-state index contributed by atoms with van der Waals surface area (Å²) in [6.07, 6.45) is -3.37. The number of esters is 2. The molecule has 0 bridgehead atoms. The van der Waals surface area contributed by atoms with Crippen LogP contribution >= 0.6 is 0 Å². The van der Waals surface area contributed by atoms with Crippen LogP contribution in [0.2, 0.25) is 0 Å².